The first-order valence-electron chi connectivity index (χ1n) is 9.16. The van der Waals surface area contributed by atoms with Crippen molar-refractivity contribution in [2.75, 3.05) is 19.7 Å². The maximum atomic E-state index is 12.9. The van der Waals surface area contributed by atoms with Crippen LogP contribution in [0.4, 0.5) is 0 Å². The van der Waals surface area contributed by atoms with Crippen molar-refractivity contribution in [2.45, 2.75) is 31.8 Å². The van der Waals surface area contributed by atoms with Gasteiger partial charge in [0.2, 0.25) is 5.91 Å². The Morgan fingerprint density at radius 1 is 1.26 bits per heavy atom. The van der Waals surface area contributed by atoms with Crippen molar-refractivity contribution in [1.82, 2.24) is 19.7 Å². The minimum Gasteiger partial charge on any atom is -0.508 e. The second-order valence-corrected chi connectivity index (χ2v) is 6.90. The van der Waals surface area contributed by atoms with Gasteiger partial charge in [-0.2, -0.15) is 5.10 Å². The Balaban J connectivity index is 1.52. The van der Waals surface area contributed by atoms with Gasteiger partial charge < -0.3 is 10.0 Å². The second-order valence-electron chi connectivity index (χ2n) is 6.90. The average Bonchev–Trinajstić information content (AvgIpc) is 3.17. The predicted molar refractivity (Wildman–Crippen MR) is 95.6 cm³/mol. The van der Waals surface area contributed by atoms with Crippen LogP contribution in [0.3, 0.4) is 0 Å². The molecule has 1 saturated heterocycles. The van der Waals surface area contributed by atoms with E-state index in [9.17, 15) is 14.7 Å². The van der Waals surface area contributed by atoms with Crippen LogP contribution in [0.5, 0.6) is 5.75 Å². The lowest BCUT2D eigenvalue weighted by Gasteiger charge is -2.35. The minimum atomic E-state index is -0.247. The first-order valence-corrected chi connectivity index (χ1v) is 9.16. The fourth-order valence-corrected chi connectivity index (χ4v) is 3.61. The van der Waals surface area contributed by atoms with Crippen LogP contribution in [-0.4, -0.2) is 56.4 Å². The molecule has 3 heterocycles. The molecule has 4 rings (SSSR count). The standard InChI is InChI=1S/C19H22N4O4/c24-17-5-3-4-14(10-17)19(26)21-12-15-6-7-20-23(15)16(13-21)11-18(25)22-8-1-2-9-27-22/h3-7,10,16,24H,1-2,8-9,11-13H2/t16-/m1/s1. The van der Waals surface area contributed by atoms with Crippen LogP contribution >= 0.6 is 0 Å². The van der Waals surface area contributed by atoms with Gasteiger partial charge in [-0.25, -0.2) is 5.06 Å². The zero-order valence-electron chi connectivity index (χ0n) is 15.0. The lowest BCUT2D eigenvalue weighted by Crippen LogP contribution is -2.44. The third-order valence-corrected chi connectivity index (χ3v) is 4.95. The summed E-state index contributed by atoms with van der Waals surface area (Å²) in [6, 6.07) is 7.92. The molecule has 1 N–H and O–H groups in total. The molecule has 0 bridgehead atoms. The molecule has 0 radical (unpaired) electrons. The van der Waals surface area contributed by atoms with E-state index in [-0.39, 0.29) is 30.0 Å². The summed E-state index contributed by atoms with van der Waals surface area (Å²) in [5.41, 5.74) is 1.31. The number of carbonyl (C=O) groups excluding carboxylic acids is 2. The Bertz CT molecular complexity index is 844. The van der Waals surface area contributed by atoms with E-state index in [1.807, 2.05) is 10.7 Å². The summed E-state index contributed by atoms with van der Waals surface area (Å²) in [6.07, 6.45) is 3.80. The molecule has 8 nitrogen and oxygen atoms in total. The van der Waals surface area contributed by atoms with Gasteiger partial charge in [-0.05, 0) is 37.1 Å². The van der Waals surface area contributed by atoms with Crippen molar-refractivity contribution in [3.8, 4) is 5.75 Å². The number of aromatic hydroxyl groups is 1. The van der Waals surface area contributed by atoms with E-state index in [1.165, 1.54) is 17.2 Å². The molecule has 2 aliphatic heterocycles. The number of hydrogen-bond donors (Lipinski definition) is 1. The topological polar surface area (TPSA) is 87.9 Å². The van der Waals surface area contributed by atoms with Crippen LogP contribution in [-0.2, 0) is 16.2 Å². The summed E-state index contributed by atoms with van der Waals surface area (Å²) in [6.45, 7) is 1.96. The molecule has 8 heteroatoms. The highest BCUT2D eigenvalue weighted by atomic mass is 16.7. The number of hydrogen-bond acceptors (Lipinski definition) is 5. The minimum absolute atomic E-state index is 0.0527. The number of rotatable bonds is 3. The molecule has 2 amide bonds. The molecule has 0 unspecified atom stereocenters. The zero-order valence-corrected chi connectivity index (χ0v) is 15.0. The van der Waals surface area contributed by atoms with E-state index in [4.69, 9.17) is 4.84 Å². The Morgan fingerprint density at radius 3 is 2.93 bits per heavy atom. The van der Waals surface area contributed by atoms with E-state index < -0.39 is 0 Å². The maximum Gasteiger partial charge on any atom is 0.254 e. The predicted octanol–water partition coefficient (Wildman–Crippen LogP) is 1.73. The van der Waals surface area contributed by atoms with Crippen molar-refractivity contribution >= 4 is 11.8 Å². The highest BCUT2D eigenvalue weighted by molar-refractivity contribution is 5.94. The lowest BCUT2D eigenvalue weighted by atomic mass is 10.1. The normalized spacial score (nSPS) is 19.6. The van der Waals surface area contributed by atoms with Crippen LogP contribution in [0.2, 0.25) is 0 Å². The number of carbonyl (C=O) groups is 2. The van der Waals surface area contributed by atoms with Gasteiger partial charge >= 0.3 is 0 Å². The molecule has 2 aliphatic rings. The SMILES string of the molecule is O=C(c1cccc(O)c1)N1Cc2ccnn2[C@H](CC(=O)N2CCCCO2)C1. The molecule has 1 aromatic heterocycles. The van der Waals surface area contributed by atoms with Crippen LogP contribution in [0.25, 0.3) is 0 Å². The summed E-state index contributed by atoms with van der Waals surface area (Å²) in [5, 5.41) is 15.4. The van der Waals surface area contributed by atoms with Gasteiger partial charge in [0.15, 0.2) is 0 Å². The highest BCUT2D eigenvalue weighted by Crippen LogP contribution is 2.26. The largest absolute Gasteiger partial charge is 0.508 e. The summed E-state index contributed by atoms with van der Waals surface area (Å²) >= 11 is 0. The number of amides is 2. The Kier molecular flexibility index (Phi) is 4.81. The summed E-state index contributed by atoms with van der Waals surface area (Å²) < 4.78 is 1.83. The number of hydroxylamine groups is 2. The van der Waals surface area contributed by atoms with E-state index in [2.05, 4.69) is 5.10 Å². The van der Waals surface area contributed by atoms with Crippen molar-refractivity contribution < 1.29 is 19.5 Å². The zero-order chi connectivity index (χ0) is 18.8. The van der Waals surface area contributed by atoms with Crippen molar-refractivity contribution in [2.24, 2.45) is 0 Å². The van der Waals surface area contributed by atoms with Crippen molar-refractivity contribution in [1.29, 1.82) is 0 Å². The fourth-order valence-electron chi connectivity index (χ4n) is 3.61. The van der Waals surface area contributed by atoms with Gasteiger partial charge in [-0.1, -0.05) is 6.07 Å². The van der Waals surface area contributed by atoms with Gasteiger partial charge in [-0.3, -0.25) is 19.1 Å². The second kappa shape index (κ2) is 7.40. The van der Waals surface area contributed by atoms with E-state index in [0.717, 1.165) is 18.5 Å². The average molecular weight is 370 g/mol. The molecule has 27 heavy (non-hydrogen) atoms. The third kappa shape index (κ3) is 3.66. The van der Waals surface area contributed by atoms with Gasteiger partial charge in [0.1, 0.15) is 5.75 Å². The first kappa shape index (κ1) is 17.5. The van der Waals surface area contributed by atoms with Gasteiger partial charge in [0.05, 0.1) is 31.3 Å². The molecular weight excluding hydrogens is 348 g/mol. The third-order valence-electron chi connectivity index (χ3n) is 4.95. The van der Waals surface area contributed by atoms with Crippen LogP contribution in [0.1, 0.15) is 41.4 Å². The molecule has 0 aliphatic carbocycles. The number of aromatic nitrogens is 2. The smallest absolute Gasteiger partial charge is 0.254 e. The highest BCUT2D eigenvalue weighted by Gasteiger charge is 2.32. The Morgan fingerprint density at radius 2 is 2.15 bits per heavy atom. The monoisotopic (exact) mass is 370 g/mol. The maximum absolute atomic E-state index is 12.9. The van der Waals surface area contributed by atoms with Crippen molar-refractivity contribution in [3.05, 3.63) is 47.8 Å². The van der Waals surface area contributed by atoms with Gasteiger partial charge in [0.25, 0.3) is 5.91 Å². The first-order chi connectivity index (χ1) is 13.1. The molecular formula is C19H22N4O4. The number of fused-ring (bicyclic) bond motifs is 1. The molecule has 0 spiro atoms. The van der Waals surface area contributed by atoms with Crippen LogP contribution < -0.4 is 0 Å². The van der Waals surface area contributed by atoms with E-state index in [0.29, 0.717) is 31.8 Å². The van der Waals surface area contributed by atoms with Crippen LogP contribution in [0, 0.1) is 0 Å². The van der Waals surface area contributed by atoms with E-state index >= 15 is 0 Å². The lowest BCUT2D eigenvalue weighted by molar-refractivity contribution is -0.198. The summed E-state index contributed by atoms with van der Waals surface area (Å²) in [7, 11) is 0. The number of phenols is 1. The number of nitrogens with zero attached hydrogens (tertiary/aromatic N) is 4. The summed E-state index contributed by atoms with van der Waals surface area (Å²) in [5.74, 6) is -0.213. The summed E-state index contributed by atoms with van der Waals surface area (Å²) in [4.78, 5) is 32.6. The van der Waals surface area contributed by atoms with Crippen LogP contribution in [0.15, 0.2) is 36.5 Å². The molecule has 1 atom stereocenters. The molecule has 142 valence electrons. The molecule has 1 aromatic carbocycles. The molecule has 1 fully saturated rings. The molecule has 0 saturated carbocycles. The van der Waals surface area contributed by atoms with E-state index in [1.54, 1.807) is 23.2 Å². The fraction of sp³-hybridized carbons (Fsp3) is 0.421. The molecule has 2 aromatic rings. The Labute approximate surface area is 156 Å². The number of phenolic OH excluding ortho intramolecular Hbond substituents is 1. The number of benzene rings is 1. The van der Waals surface area contributed by atoms with Gasteiger partial charge in [0, 0.05) is 24.8 Å². The van der Waals surface area contributed by atoms with Gasteiger partial charge in [-0.15, -0.1) is 0 Å². The van der Waals surface area contributed by atoms with Crippen molar-refractivity contribution in [3.63, 3.8) is 0 Å². The Hall–Kier alpha value is -2.87. The quantitative estimate of drug-likeness (QED) is 0.889.